The van der Waals surface area contributed by atoms with Crippen molar-refractivity contribution in [1.29, 1.82) is 0 Å². The zero-order valence-electron chi connectivity index (χ0n) is 25.4. The van der Waals surface area contributed by atoms with Crippen LogP contribution in [-0.2, 0) is 17.6 Å². The SMILES string of the molecule is Cc1ccc(-c2cn3c(=O)c(Cc4ccc(OCCCNC(=O)OC(C)(C)C)c(F)c4)nc-3c(Cc3ccccc3)[nH]2)cc1. The summed E-state index contributed by atoms with van der Waals surface area (Å²) in [7, 11) is 0. The molecular formula is C35H37FN4O4. The van der Waals surface area contributed by atoms with Crippen LogP contribution in [0.1, 0.15) is 55.3 Å². The summed E-state index contributed by atoms with van der Waals surface area (Å²) in [6, 6.07) is 22.8. The molecular weight excluding hydrogens is 559 g/mol. The van der Waals surface area contributed by atoms with Gasteiger partial charge in [0.1, 0.15) is 11.3 Å². The number of amides is 1. The maximum absolute atomic E-state index is 14.9. The van der Waals surface area contributed by atoms with Gasteiger partial charge in [0, 0.05) is 25.6 Å². The first-order valence-corrected chi connectivity index (χ1v) is 14.7. The molecule has 0 saturated heterocycles. The summed E-state index contributed by atoms with van der Waals surface area (Å²) in [5, 5.41) is 2.65. The molecule has 228 valence electrons. The Morgan fingerprint density at radius 1 is 1.00 bits per heavy atom. The van der Waals surface area contributed by atoms with Gasteiger partial charge in [-0.15, -0.1) is 0 Å². The molecule has 0 bridgehead atoms. The number of halogens is 1. The normalized spacial score (nSPS) is 11.5. The third-order valence-electron chi connectivity index (χ3n) is 6.95. The highest BCUT2D eigenvalue weighted by Gasteiger charge is 2.21. The number of H-pyrrole nitrogens is 1. The summed E-state index contributed by atoms with van der Waals surface area (Å²) in [6.45, 7) is 7.96. The van der Waals surface area contributed by atoms with Crippen LogP contribution in [0.3, 0.4) is 0 Å². The van der Waals surface area contributed by atoms with Crippen LogP contribution in [0.5, 0.6) is 5.75 Å². The van der Waals surface area contributed by atoms with E-state index < -0.39 is 17.5 Å². The first-order chi connectivity index (χ1) is 21.1. The van der Waals surface area contributed by atoms with Gasteiger partial charge in [-0.3, -0.25) is 9.36 Å². The second-order valence-electron chi connectivity index (χ2n) is 11.8. The molecule has 5 rings (SSSR count). The van der Waals surface area contributed by atoms with Gasteiger partial charge in [0.25, 0.3) is 5.56 Å². The molecule has 0 fully saturated rings. The number of aromatic nitrogens is 3. The van der Waals surface area contributed by atoms with Crippen LogP contribution in [0.2, 0.25) is 0 Å². The van der Waals surface area contributed by atoms with Gasteiger partial charge in [0.05, 0.1) is 18.0 Å². The Morgan fingerprint density at radius 2 is 1.75 bits per heavy atom. The molecule has 44 heavy (non-hydrogen) atoms. The number of carbonyl (C=O) groups is 1. The predicted molar refractivity (Wildman–Crippen MR) is 168 cm³/mol. The first-order valence-electron chi connectivity index (χ1n) is 14.7. The van der Waals surface area contributed by atoms with Gasteiger partial charge in [-0.2, -0.15) is 0 Å². The molecule has 2 N–H and O–H groups in total. The average molecular weight is 597 g/mol. The molecule has 0 aromatic heterocycles. The van der Waals surface area contributed by atoms with Crippen molar-refractivity contribution in [2.24, 2.45) is 0 Å². The Morgan fingerprint density at radius 3 is 2.45 bits per heavy atom. The molecule has 3 aromatic carbocycles. The van der Waals surface area contributed by atoms with Crippen molar-refractivity contribution >= 4 is 6.09 Å². The highest BCUT2D eigenvalue weighted by Crippen LogP contribution is 2.25. The Hall–Kier alpha value is -4.92. The number of rotatable bonds is 10. The van der Waals surface area contributed by atoms with Crippen molar-refractivity contribution in [3.8, 4) is 22.8 Å². The lowest BCUT2D eigenvalue weighted by atomic mass is 10.1. The number of hydrogen-bond acceptors (Lipinski definition) is 5. The largest absolute Gasteiger partial charge is 0.490 e. The molecule has 2 aliphatic heterocycles. The Labute approximate surface area is 256 Å². The van der Waals surface area contributed by atoms with E-state index in [2.05, 4.69) is 10.3 Å². The average Bonchev–Trinajstić information content (AvgIpc) is 3.29. The molecule has 2 heterocycles. The Balaban J connectivity index is 1.32. The minimum Gasteiger partial charge on any atom is -0.490 e. The summed E-state index contributed by atoms with van der Waals surface area (Å²) < 4.78 is 27.3. The number of fused-ring (bicyclic) bond motifs is 1. The van der Waals surface area contributed by atoms with Crippen LogP contribution in [0, 0.1) is 12.7 Å². The van der Waals surface area contributed by atoms with Crippen molar-refractivity contribution in [3.63, 3.8) is 0 Å². The van der Waals surface area contributed by atoms with Gasteiger partial charge in [-0.25, -0.2) is 14.2 Å². The van der Waals surface area contributed by atoms with Crippen molar-refractivity contribution in [2.45, 2.75) is 52.6 Å². The third kappa shape index (κ3) is 7.72. The van der Waals surface area contributed by atoms with Gasteiger partial charge in [0.15, 0.2) is 17.4 Å². The molecule has 8 nitrogen and oxygen atoms in total. The number of imidazole rings is 1. The second kappa shape index (κ2) is 13.2. The molecule has 2 aliphatic rings. The summed E-state index contributed by atoms with van der Waals surface area (Å²) in [5.41, 5.74) is 4.93. The molecule has 3 aromatic rings. The summed E-state index contributed by atoms with van der Waals surface area (Å²) >= 11 is 0. The zero-order chi connectivity index (χ0) is 31.3. The van der Waals surface area contributed by atoms with Gasteiger partial charge >= 0.3 is 6.09 Å². The van der Waals surface area contributed by atoms with Crippen molar-refractivity contribution in [3.05, 3.63) is 123 Å². The van der Waals surface area contributed by atoms with Crippen LogP contribution in [0.4, 0.5) is 9.18 Å². The number of hydrogen-bond donors (Lipinski definition) is 2. The summed E-state index contributed by atoms with van der Waals surface area (Å²) in [6.07, 6.45) is 2.49. The molecule has 0 atom stereocenters. The first kappa shape index (κ1) is 30.5. The Kier molecular flexibility index (Phi) is 9.13. The summed E-state index contributed by atoms with van der Waals surface area (Å²) in [4.78, 5) is 33.6. The fraction of sp³-hybridized carbons (Fsp3) is 0.286. The van der Waals surface area contributed by atoms with Gasteiger partial charge < -0.3 is 19.8 Å². The highest BCUT2D eigenvalue weighted by atomic mass is 19.1. The highest BCUT2D eigenvalue weighted by molar-refractivity contribution is 5.67. The van der Waals surface area contributed by atoms with Crippen molar-refractivity contribution in [2.75, 3.05) is 13.2 Å². The molecule has 0 spiro atoms. The van der Waals surface area contributed by atoms with E-state index in [0.29, 0.717) is 36.5 Å². The minimum atomic E-state index is -0.575. The number of ether oxygens (including phenoxy) is 2. The third-order valence-corrected chi connectivity index (χ3v) is 6.95. The number of benzene rings is 3. The lowest BCUT2D eigenvalue weighted by Gasteiger charge is -2.19. The fourth-order valence-corrected chi connectivity index (χ4v) is 4.82. The Bertz CT molecular complexity index is 1750. The molecule has 1 amide bonds. The molecule has 0 saturated carbocycles. The standard InChI is InChI=1S/C35H37FN4O4/c1-23-11-14-26(15-12-23)30-22-40-32(28(38-30)20-24-9-6-5-7-10-24)39-29(33(40)41)21-25-13-16-31(27(36)19-25)43-18-8-17-37-34(42)44-35(2,3)4/h5-7,9-16,19,22,38H,8,17-18,20-21H2,1-4H3,(H,37,42). The van der Waals surface area contributed by atoms with E-state index in [9.17, 15) is 14.0 Å². The topological polar surface area (TPSA) is 98.2 Å². The van der Waals surface area contributed by atoms with Crippen LogP contribution in [0.25, 0.3) is 17.1 Å². The van der Waals surface area contributed by atoms with E-state index >= 15 is 0 Å². The van der Waals surface area contributed by atoms with Crippen LogP contribution >= 0.6 is 0 Å². The van der Waals surface area contributed by atoms with Crippen molar-refractivity contribution in [1.82, 2.24) is 19.9 Å². The smallest absolute Gasteiger partial charge is 0.407 e. The number of aryl methyl sites for hydroxylation is 1. The molecule has 9 heteroatoms. The monoisotopic (exact) mass is 596 g/mol. The number of aromatic amines is 1. The van der Waals surface area contributed by atoms with Crippen LogP contribution < -0.4 is 15.6 Å². The van der Waals surface area contributed by atoms with E-state index in [4.69, 9.17) is 14.5 Å². The van der Waals surface area contributed by atoms with Crippen molar-refractivity contribution < 1.29 is 18.7 Å². The second-order valence-corrected chi connectivity index (χ2v) is 11.8. The quantitative estimate of drug-likeness (QED) is 0.177. The number of nitrogens with one attached hydrogen (secondary N) is 2. The van der Waals surface area contributed by atoms with Gasteiger partial charge in [0.2, 0.25) is 0 Å². The summed E-state index contributed by atoms with van der Waals surface area (Å²) in [5.74, 6) is 0.120. The number of carbonyl (C=O) groups excluding carboxylic acids is 1. The van der Waals surface area contributed by atoms with E-state index in [1.54, 1.807) is 43.7 Å². The van der Waals surface area contributed by atoms with E-state index in [0.717, 1.165) is 28.1 Å². The van der Waals surface area contributed by atoms with Gasteiger partial charge in [-0.05, 0) is 62.9 Å². The zero-order valence-corrected chi connectivity index (χ0v) is 25.4. The van der Waals surface area contributed by atoms with Crippen LogP contribution in [-0.4, -0.2) is 39.4 Å². The minimum absolute atomic E-state index is 0.103. The maximum Gasteiger partial charge on any atom is 0.407 e. The predicted octanol–water partition coefficient (Wildman–Crippen LogP) is 6.59. The number of alkyl carbamates (subject to hydrolysis) is 1. The lowest BCUT2D eigenvalue weighted by Crippen LogP contribution is -2.33. The van der Waals surface area contributed by atoms with Gasteiger partial charge in [-0.1, -0.05) is 66.2 Å². The van der Waals surface area contributed by atoms with E-state index in [1.807, 2.05) is 61.5 Å². The van der Waals surface area contributed by atoms with Crippen LogP contribution in [0.15, 0.2) is 83.8 Å². The number of nitrogens with zero attached hydrogens (tertiary/aromatic N) is 2. The van der Waals surface area contributed by atoms with E-state index in [1.165, 1.54) is 6.07 Å². The fourth-order valence-electron chi connectivity index (χ4n) is 4.82. The molecule has 0 radical (unpaired) electrons. The van der Waals surface area contributed by atoms with E-state index in [-0.39, 0.29) is 24.3 Å². The lowest BCUT2D eigenvalue weighted by molar-refractivity contribution is 0.0525. The molecule has 0 aliphatic carbocycles. The molecule has 0 unspecified atom stereocenters. The maximum atomic E-state index is 14.9.